The van der Waals surface area contributed by atoms with Gasteiger partial charge in [0, 0.05) is 24.7 Å². The maximum atomic E-state index is 9.16. The van der Waals surface area contributed by atoms with Crippen LogP contribution in [0.5, 0.6) is 0 Å². The van der Waals surface area contributed by atoms with Crippen LogP contribution in [0.25, 0.3) is 0 Å². The quantitative estimate of drug-likeness (QED) is 0.601. The van der Waals surface area contributed by atoms with Crippen molar-refractivity contribution in [3.8, 4) is 0 Å². The molecule has 2 rings (SSSR count). The molecule has 0 spiro atoms. The van der Waals surface area contributed by atoms with Gasteiger partial charge in [0.15, 0.2) is 0 Å². The first-order chi connectivity index (χ1) is 12.7. The summed E-state index contributed by atoms with van der Waals surface area (Å²) in [6, 6.07) is 8.27. The predicted octanol–water partition coefficient (Wildman–Crippen LogP) is 5.06. The van der Waals surface area contributed by atoms with Crippen LogP contribution in [0.4, 0.5) is 0 Å². The van der Waals surface area contributed by atoms with Crippen molar-refractivity contribution >= 4 is 0 Å². The third kappa shape index (κ3) is 5.91. The molecule has 26 heavy (non-hydrogen) atoms. The molecule has 3 heteroatoms. The second kappa shape index (κ2) is 11.1. The van der Waals surface area contributed by atoms with E-state index < -0.39 is 0 Å². The SMILES string of the molecule is CCCCN(CCC)C1=CCC(CCc2ccc(CO)cc2)C(OC)=C1. The maximum Gasteiger partial charge on any atom is 0.101 e. The Bertz CT molecular complexity index is 589. The van der Waals surface area contributed by atoms with Gasteiger partial charge in [-0.2, -0.15) is 0 Å². The molecule has 1 aromatic carbocycles. The van der Waals surface area contributed by atoms with E-state index in [9.17, 15) is 0 Å². The summed E-state index contributed by atoms with van der Waals surface area (Å²) in [5.41, 5.74) is 3.63. The normalized spacial score (nSPS) is 16.8. The van der Waals surface area contributed by atoms with Crippen molar-refractivity contribution in [2.24, 2.45) is 5.92 Å². The highest BCUT2D eigenvalue weighted by Crippen LogP contribution is 2.30. The second-order valence-corrected chi connectivity index (χ2v) is 7.17. The molecule has 1 aliphatic rings. The predicted molar refractivity (Wildman–Crippen MR) is 109 cm³/mol. The fraction of sp³-hybridized carbons (Fsp3) is 0.565. The molecular formula is C23H35NO2. The highest BCUT2D eigenvalue weighted by atomic mass is 16.5. The molecule has 0 saturated heterocycles. The lowest BCUT2D eigenvalue weighted by molar-refractivity contribution is 0.227. The summed E-state index contributed by atoms with van der Waals surface area (Å²) < 4.78 is 5.75. The van der Waals surface area contributed by atoms with Crippen LogP contribution >= 0.6 is 0 Å². The highest BCUT2D eigenvalue weighted by molar-refractivity contribution is 5.27. The molecule has 1 unspecified atom stereocenters. The zero-order valence-electron chi connectivity index (χ0n) is 16.7. The Morgan fingerprint density at radius 3 is 2.42 bits per heavy atom. The van der Waals surface area contributed by atoms with E-state index in [1.54, 1.807) is 7.11 Å². The summed E-state index contributed by atoms with van der Waals surface area (Å²) in [5, 5.41) is 9.16. The summed E-state index contributed by atoms with van der Waals surface area (Å²) in [7, 11) is 1.80. The average molecular weight is 358 g/mol. The number of methoxy groups -OCH3 is 1. The van der Waals surface area contributed by atoms with Gasteiger partial charge in [0.05, 0.1) is 13.7 Å². The third-order valence-corrected chi connectivity index (χ3v) is 5.17. The summed E-state index contributed by atoms with van der Waals surface area (Å²) >= 11 is 0. The van der Waals surface area contributed by atoms with Crippen LogP contribution in [0.3, 0.4) is 0 Å². The van der Waals surface area contributed by atoms with Crippen molar-refractivity contribution in [1.29, 1.82) is 0 Å². The van der Waals surface area contributed by atoms with Crippen LogP contribution in [0, 0.1) is 5.92 Å². The van der Waals surface area contributed by atoms with E-state index in [2.05, 4.69) is 43.0 Å². The molecule has 1 atom stereocenters. The topological polar surface area (TPSA) is 32.7 Å². The van der Waals surface area contributed by atoms with Gasteiger partial charge < -0.3 is 14.7 Å². The molecular weight excluding hydrogens is 322 g/mol. The van der Waals surface area contributed by atoms with Crippen molar-refractivity contribution in [3.63, 3.8) is 0 Å². The molecule has 3 nitrogen and oxygen atoms in total. The van der Waals surface area contributed by atoms with E-state index in [0.717, 1.165) is 43.7 Å². The Balaban J connectivity index is 1.97. The minimum atomic E-state index is 0.110. The summed E-state index contributed by atoms with van der Waals surface area (Å²) in [6.45, 7) is 6.85. The van der Waals surface area contributed by atoms with Crippen LogP contribution in [0.2, 0.25) is 0 Å². The zero-order valence-corrected chi connectivity index (χ0v) is 16.7. The molecule has 0 aromatic heterocycles. The lowest BCUT2D eigenvalue weighted by atomic mass is 9.90. The van der Waals surface area contributed by atoms with Gasteiger partial charge in [-0.3, -0.25) is 0 Å². The Morgan fingerprint density at radius 1 is 1.08 bits per heavy atom. The summed E-state index contributed by atoms with van der Waals surface area (Å²) in [5.74, 6) is 1.57. The Labute approximate surface area is 159 Å². The number of ether oxygens (including phenoxy) is 1. The van der Waals surface area contributed by atoms with Crippen molar-refractivity contribution in [2.45, 2.75) is 59.0 Å². The molecule has 1 aromatic rings. The molecule has 1 N–H and O–H groups in total. The van der Waals surface area contributed by atoms with Gasteiger partial charge in [-0.05, 0) is 49.3 Å². The van der Waals surface area contributed by atoms with E-state index in [4.69, 9.17) is 9.84 Å². The van der Waals surface area contributed by atoms with Gasteiger partial charge in [0.25, 0.3) is 0 Å². The second-order valence-electron chi connectivity index (χ2n) is 7.17. The van der Waals surface area contributed by atoms with Gasteiger partial charge >= 0.3 is 0 Å². The number of benzene rings is 1. The number of unbranched alkanes of at least 4 members (excludes halogenated alkanes) is 1. The number of hydrogen-bond acceptors (Lipinski definition) is 3. The lowest BCUT2D eigenvalue weighted by Crippen LogP contribution is -2.26. The van der Waals surface area contributed by atoms with Crippen molar-refractivity contribution < 1.29 is 9.84 Å². The third-order valence-electron chi connectivity index (χ3n) is 5.17. The summed E-state index contributed by atoms with van der Waals surface area (Å²) in [6.07, 6.45) is 11.5. The number of rotatable bonds is 11. The molecule has 144 valence electrons. The smallest absolute Gasteiger partial charge is 0.101 e. The number of aliphatic hydroxyl groups excluding tert-OH is 1. The molecule has 0 aliphatic heterocycles. The van der Waals surface area contributed by atoms with E-state index in [1.165, 1.54) is 30.5 Å². The Morgan fingerprint density at radius 2 is 1.81 bits per heavy atom. The molecule has 0 bridgehead atoms. The first-order valence-electron chi connectivity index (χ1n) is 10.1. The minimum absolute atomic E-state index is 0.110. The summed E-state index contributed by atoms with van der Waals surface area (Å²) in [4.78, 5) is 2.51. The van der Waals surface area contributed by atoms with Crippen molar-refractivity contribution in [3.05, 3.63) is 59.0 Å². The van der Waals surface area contributed by atoms with Gasteiger partial charge in [0.2, 0.25) is 0 Å². The first-order valence-corrected chi connectivity index (χ1v) is 10.1. The largest absolute Gasteiger partial charge is 0.501 e. The van der Waals surface area contributed by atoms with Crippen LogP contribution in [-0.4, -0.2) is 30.2 Å². The standard InChI is InChI=1S/C23H35NO2/c1-4-6-16-24(15-5-2)22-14-13-21(23(17-22)26-3)12-11-19-7-9-20(18-25)10-8-19/h7-10,14,17,21,25H,4-6,11-13,15-16,18H2,1-3H3. The van der Waals surface area contributed by atoms with Gasteiger partial charge in [-0.15, -0.1) is 0 Å². The number of aliphatic hydroxyl groups is 1. The zero-order chi connectivity index (χ0) is 18.8. The van der Waals surface area contributed by atoms with Crippen LogP contribution < -0.4 is 0 Å². The fourth-order valence-electron chi connectivity index (χ4n) is 3.55. The molecule has 0 amide bonds. The molecule has 0 fully saturated rings. The van der Waals surface area contributed by atoms with Gasteiger partial charge in [-0.1, -0.05) is 50.6 Å². The van der Waals surface area contributed by atoms with Crippen LogP contribution in [0.15, 0.2) is 47.9 Å². The number of nitrogens with zero attached hydrogens (tertiary/aromatic N) is 1. The average Bonchev–Trinajstić information content (AvgIpc) is 2.69. The van der Waals surface area contributed by atoms with E-state index in [-0.39, 0.29) is 6.61 Å². The van der Waals surface area contributed by atoms with Crippen LogP contribution in [0.1, 0.15) is 57.1 Å². The van der Waals surface area contributed by atoms with Gasteiger partial charge in [-0.25, -0.2) is 0 Å². The highest BCUT2D eigenvalue weighted by Gasteiger charge is 2.21. The Hall–Kier alpha value is -1.74. The maximum absolute atomic E-state index is 9.16. The molecule has 0 saturated carbocycles. The molecule has 0 radical (unpaired) electrons. The Kier molecular flexibility index (Phi) is 8.76. The van der Waals surface area contributed by atoms with E-state index >= 15 is 0 Å². The molecule has 1 aliphatic carbocycles. The number of aryl methyl sites for hydroxylation is 1. The number of allylic oxidation sites excluding steroid dienone is 3. The molecule has 0 heterocycles. The van der Waals surface area contributed by atoms with Crippen molar-refractivity contribution in [1.82, 2.24) is 4.90 Å². The van der Waals surface area contributed by atoms with Crippen LogP contribution in [-0.2, 0) is 17.8 Å². The fourth-order valence-corrected chi connectivity index (χ4v) is 3.55. The lowest BCUT2D eigenvalue weighted by Gasteiger charge is -2.30. The monoisotopic (exact) mass is 357 g/mol. The van der Waals surface area contributed by atoms with Gasteiger partial charge in [0.1, 0.15) is 5.76 Å². The van der Waals surface area contributed by atoms with E-state index in [1.807, 2.05) is 12.1 Å². The number of hydrogen-bond donors (Lipinski definition) is 1. The van der Waals surface area contributed by atoms with Crippen molar-refractivity contribution in [2.75, 3.05) is 20.2 Å². The first kappa shape index (κ1) is 20.6. The minimum Gasteiger partial charge on any atom is -0.501 e. The van der Waals surface area contributed by atoms with E-state index in [0.29, 0.717) is 5.92 Å².